The largest absolute Gasteiger partial charge is 0.481 e. The highest BCUT2D eigenvalue weighted by Gasteiger charge is 2.55. The predicted octanol–water partition coefficient (Wildman–Crippen LogP) is 2.85. The molecule has 1 saturated heterocycles. The summed E-state index contributed by atoms with van der Waals surface area (Å²) < 4.78 is 1.60. The molecule has 6 nitrogen and oxygen atoms in total. The van der Waals surface area contributed by atoms with E-state index in [1.807, 2.05) is 12.1 Å². The number of carbonyl (C=O) groups is 2. The van der Waals surface area contributed by atoms with Crippen molar-refractivity contribution in [1.29, 1.82) is 0 Å². The number of hydrogen-bond acceptors (Lipinski definition) is 3. The Labute approximate surface area is 150 Å². The molecule has 2 aliphatic rings. The van der Waals surface area contributed by atoms with Crippen molar-refractivity contribution in [2.45, 2.75) is 19.3 Å². The van der Waals surface area contributed by atoms with Crippen LogP contribution in [0, 0.1) is 11.3 Å². The summed E-state index contributed by atoms with van der Waals surface area (Å²) in [5.74, 6) is -0.889. The SMILES string of the molecule is O=C(c1cnn(-c2cccc(Cl)c2)c1)N1C[C@@H]2CCC[C@@]2(C(=O)O)C1. The van der Waals surface area contributed by atoms with Crippen molar-refractivity contribution in [3.05, 3.63) is 47.2 Å². The number of aromatic nitrogens is 2. The van der Waals surface area contributed by atoms with Gasteiger partial charge in [0, 0.05) is 24.3 Å². The fraction of sp³-hybridized carbons (Fsp3) is 0.389. The summed E-state index contributed by atoms with van der Waals surface area (Å²) in [5.41, 5.74) is 0.464. The number of carbonyl (C=O) groups excluding carboxylic acids is 1. The number of hydrogen-bond donors (Lipinski definition) is 1. The maximum atomic E-state index is 12.8. The molecule has 25 heavy (non-hydrogen) atoms. The fourth-order valence-electron chi connectivity index (χ4n) is 4.17. The fourth-order valence-corrected chi connectivity index (χ4v) is 4.35. The molecule has 1 saturated carbocycles. The third-order valence-corrected chi connectivity index (χ3v) is 5.72. The molecular weight excluding hydrogens is 342 g/mol. The van der Waals surface area contributed by atoms with Crippen molar-refractivity contribution in [2.24, 2.45) is 11.3 Å². The van der Waals surface area contributed by atoms with Gasteiger partial charge in [-0.2, -0.15) is 5.10 Å². The number of halogens is 1. The van der Waals surface area contributed by atoms with Gasteiger partial charge in [0.15, 0.2) is 0 Å². The van der Waals surface area contributed by atoms with E-state index < -0.39 is 11.4 Å². The Kier molecular flexibility index (Phi) is 3.80. The van der Waals surface area contributed by atoms with Crippen LogP contribution >= 0.6 is 11.6 Å². The van der Waals surface area contributed by atoms with Crippen LogP contribution in [0.1, 0.15) is 29.6 Å². The molecule has 130 valence electrons. The van der Waals surface area contributed by atoms with E-state index in [1.54, 1.807) is 27.9 Å². The van der Waals surface area contributed by atoms with Crippen LogP contribution in [0.5, 0.6) is 0 Å². The lowest BCUT2D eigenvalue weighted by Gasteiger charge is -2.23. The highest BCUT2D eigenvalue weighted by Crippen LogP contribution is 2.49. The lowest BCUT2D eigenvalue weighted by atomic mass is 9.81. The molecule has 1 aliphatic heterocycles. The third-order valence-electron chi connectivity index (χ3n) is 5.49. The molecule has 1 aromatic heterocycles. The minimum Gasteiger partial charge on any atom is -0.481 e. The molecule has 0 spiro atoms. The highest BCUT2D eigenvalue weighted by molar-refractivity contribution is 6.30. The maximum absolute atomic E-state index is 12.8. The molecule has 2 aromatic rings. The molecule has 2 fully saturated rings. The number of fused-ring (bicyclic) bond motifs is 1. The van der Waals surface area contributed by atoms with Crippen molar-refractivity contribution >= 4 is 23.5 Å². The molecule has 0 bridgehead atoms. The minimum atomic E-state index is -0.778. The van der Waals surface area contributed by atoms with Gasteiger partial charge in [-0.05, 0) is 37.0 Å². The summed E-state index contributed by atoms with van der Waals surface area (Å²) in [6.45, 7) is 0.793. The second-order valence-electron chi connectivity index (χ2n) is 6.89. The number of carboxylic acids is 1. The number of carboxylic acid groups (broad SMARTS) is 1. The summed E-state index contributed by atoms with van der Waals surface area (Å²) in [4.78, 5) is 26.2. The van der Waals surface area contributed by atoms with E-state index in [0.717, 1.165) is 18.5 Å². The number of nitrogens with zero attached hydrogens (tertiary/aromatic N) is 3. The molecular formula is C18H18ClN3O3. The average Bonchev–Trinajstić information content (AvgIpc) is 3.28. The monoisotopic (exact) mass is 359 g/mol. The molecule has 7 heteroatoms. The summed E-state index contributed by atoms with van der Waals surface area (Å²) in [7, 11) is 0. The van der Waals surface area contributed by atoms with E-state index in [-0.39, 0.29) is 18.4 Å². The number of rotatable bonds is 3. The van der Waals surface area contributed by atoms with Gasteiger partial charge >= 0.3 is 5.97 Å². The zero-order valence-electron chi connectivity index (χ0n) is 13.6. The Morgan fingerprint density at radius 3 is 2.92 bits per heavy atom. The van der Waals surface area contributed by atoms with Gasteiger partial charge in [0.25, 0.3) is 5.91 Å². The van der Waals surface area contributed by atoms with Crippen LogP contribution in [0.25, 0.3) is 5.69 Å². The van der Waals surface area contributed by atoms with E-state index in [2.05, 4.69) is 5.10 Å². The zero-order valence-corrected chi connectivity index (χ0v) is 14.3. The lowest BCUT2D eigenvalue weighted by Crippen LogP contribution is -2.37. The third kappa shape index (κ3) is 2.61. The molecule has 1 aromatic carbocycles. The van der Waals surface area contributed by atoms with E-state index in [1.165, 1.54) is 6.20 Å². The van der Waals surface area contributed by atoms with Gasteiger partial charge < -0.3 is 10.0 Å². The average molecular weight is 360 g/mol. The first-order valence-corrected chi connectivity index (χ1v) is 8.71. The van der Waals surface area contributed by atoms with Gasteiger partial charge in [0.2, 0.25) is 0 Å². The standard InChI is InChI=1S/C18H18ClN3O3/c19-14-4-1-5-15(7-14)22-9-12(8-20-22)16(23)21-10-13-3-2-6-18(13,11-21)17(24)25/h1,4-5,7-9,13H,2-3,6,10-11H2,(H,24,25)/t13-,18+/m0/s1. The van der Waals surface area contributed by atoms with Gasteiger partial charge in [0.1, 0.15) is 0 Å². The van der Waals surface area contributed by atoms with Crippen LogP contribution < -0.4 is 0 Å². The molecule has 1 amide bonds. The normalized spacial score (nSPS) is 25.2. The van der Waals surface area contributed by atoms with Crippen molar-refractivity contribution < 1.29 is 14.7 Å². The summed E-state index contributed by atoms with van der Waals surface area (Å²) >= 11 is 6.00. The molecule has 2 atom stereocenters. The first-order chi connectivity index (χ1) is 12.0. The number of benzene rings is 1. The van der Waals surface area contributed by atoms with Gasteiger partial charge in [-0.1, -0.05) is 24.1 Å². The van der Waals surface area contributed by atoms with Crippen molar-refractivity contribution in [3.8, 4) is 5.69 Å². The number of likely N-dealkylation sites (tertiary alicyclic amines) is 1. The quantitative estimate of drug-likeness (QED) is 0.914. The molecule has 1 aliphatic carbocycles. The van der Waals surface area contributed by atoms with Crippen LogP contribution in [0.2, 0.25) is 5.02 Å². The molecule has 0 unspecified atom stereocenters. The second kappa shape index (κ2) is 5.88. The Balaban J connectivity index is 1.56. The van der Waals surface area contributed by atoms with Crippen molar-refractivity contribution in [1.82, 2.24) is 14.7 Å². The number of aliphatic carboxylic acids is 1. The lowest BCUT2D eigenvalue weighted by molar-refractivity contribution is -0.149. The first-order valence-electron chi connectivity index (χ1n) is 8.33. The Morgan fingerprint density at radius 1 is 1.36 bits per heavy atom. The number of amides is 1. The van der Waals surface area contributed by atoms with Crippen LogP contribution in [-0.2, 0) is 4.79 Å². The van der Waals surface area contributed by atoms with E-state index in [4.69, 9.17) is 11.6 Å². The van der Waals surface area contributed by atoms with Gasteiger partial charge in [-0.25, -0.2) is 4.68 Å². The summed E-state index contributed by atoms with van der Waals surface area (Å²) in [5, 5.41) is 14.5. The molecule has 2 heterocycles. The van der Waals surface area contributed by atoms with Crippen LogP contribution in [0.15, 0.2) is 36.7 Å². The van der Waals surface area contributed by atoms with Crippen molar-refractivity contribution in [3.63, 3.8) is 0 Å². The zero-order chi connectivity index (χ0) is 17.6. The Hall–Kier alpha value is -2.34. The predicted molar refractivity (Wildman–Crippen MR) is 91.9 cm³/mol. The first kappa shape index (κ1) is 16.1. The van der Waals surface area contributed by atoms with Crippen LogP contribution in [-0.4, -0.2) is 44.8 Å². The summed E-state index contributed by atoms with van der Waals surface area (Å²) in [6, 6.07) is 7.21. The van der Waals surface area contributed by atoms with Crippen LogP contribution in [0.4, 0.5) is 0 Å². The van der Waals surface area contributed by atoms with E-state index in [0.29, 0.717) is 23.6 Å². The second-order valence-corrected chi connectivity index (χ2v) is 7.33. The highest BCUT2D eigenvalue weighted by atomic mass is 35.5. The van der Waals surface area contributed by atoms with E-state index in [9.17, 15) is 14.7 Å². The maximum Gasteiger partial charge on any atom is 0.311 e. The van der Waals surface area contributed by atoms with Crippen LogP contribution in [0.3, 0.4) is 0 Å². The smallest absolute Gasteiger partial charge is 0.311 e. The Morgan fingerprint density at radius 2 is 2.20 bits per heavy atom. The minimum absolute atomic E-state index is 0.0527. The van der Waals surface area contributed by atoms with Gasteiger partial charge in [0.05, 0.1) is 22.9 Å². The van der Waals surface area contributed by atoms with Gasteiger partial charge in [-0.3, -0.25) is 9.59 Å². The van der Waals surface area contributed by atoms with Gasteiger partial charge in [-0.15, -0.1) is 0 Å². The topological polar surface area (TPSA) is 75.4 Å². The molecule has 0 radical (unpaired) electrons. The van der Waals surface area contributed by atoms with Crippen molar-refractivity contribution in [2.75, 3.05) is 13.1 Å². The Bertz CT molecular complexity index is 850. The molecule has 4 rings (SSSR count). The van der Waals surface area contributed by atoms with E-state index >= 15 is 0 Å². The summed E-state index contributed by atoms with van der Waals surface area (Å²) in [6.07, 6.45) is 5.63. The molecule has 1 N–H and O–H groups in total.